The first-order valence-corrected chi connectivity index (χ1v) is 6.79. The van der Waals surface area contributed by atoms with Crippen molar-refractivity contribution >= 4 is 17.5 Å². The standard InChI is InChI=1S/C15H22N2O3/c1-4-20-10-6-9-16-14(18)15(19)17-13-11(2)7-5-8-12(13)3/h5,7-8H,4,6,9-10H2,1-3H3,(H,16,18)(H,17,19). The van der Waals surface area contributed by atoms with Gasteiger partial charge in [-0.25, -0.2) is 0 Å². The first-order valence-electron chi connectivity index (χ1n) is 6.79. The van der Waals surface area contributed by atoms with E-state index in [4.69, 9.17) is 4.74 Å². The van der Waals surface area contributed by atoms with Gasteiger partial charge >= 0.3 is 11.8 Å². The quantitative estimate of drug-likeness (QED) is 0.616. The molecule has 0 bridgehead atoms. The zero-order chi connectivity index (χ0) is 15.0. The van der Waals surface area contributed by atoms with Crippen molar-refractivity contribution in [3.8, 4) is 0 Å². The van der Waals surface area contributed by atoms with Gasteiger partial charge in [0, 0.05) is 25.4 Å². The number of hydrogen-bond donors (Lipinski definition) is 2. The minimum absolute atomic E-state index is 0.430. The summed E-state index contributed by atoms with van der Waals surface area (Å²) in [4.78, 5) is 23.4. The van der Waals surface area contributed by atoms with Gasteiger partial charge in [-0.05, 0) is 38.3 Å². The van der Waals surface area contributed by atoms with E-state index in [2.05, 4.69) is 10.6 Å². The molecule has 2 amide bonds. The van der Waals surface area contributed by atoms with Crippen molar-refractivity contribution in [2.45, 2.75) is 27.2 Å². The van der Waals surface area contributed by atoms with Gasteiger partial charge in [0.1, 0.15) is 0 Å². The van der Waals surface area contributed by atoms with E-state index in [1.165, 1.54) is 0 Å². The number of carbonyl (C=O) groups excluding carboxylic acids is 2. The number of aryl methyl sites for hydroxylation is 2. The lowest BCUT2D eigenvalue weighted by atomic mass is 10.1. The Morgan fingerprint density at radius 3 is 2.40 bits per heavy atom. The molecule has 0 aromatic heterocycles. The van der Waals surface area contributed by atoms with Crippen molar-refractivity contribution in [1.82, 2.24) is 5.32 Å². The van der Waals surface area contributed by atoms with Crippen molar-refractivity contribution in [2.24, 2.45) is 0 Å². The summed E-state index contributed by atoms with van der Waals surface area (Å²) in [6, 6.07) is 5.69. The van der Waals surface area contributed by atoms with Crippen molar-refractivity contribution in [3.05, 3.63) is 29.3 Å². The molecule has 0 heterocycles. The van der Waals surface area contributed by atoms with Crippen LogP contribution in [0, 0.1) is 13.8 Å². The largest absolute Gasteiger partial charge is 0.382 e. The highest BCUT2D eigenvalue weighted by atomic mass is 16.5. The Morgan fingerprint density at radius 1 is 1.15 bits per heavy atom. The first kappa shape index (κ1) is 16.2. The second-order valence-corrected chi connectivity index (χ2v) is 4.53. The Bertz CT molecular complexity index is 452. The van der Waals surface area contributed by atoms with Gasteiger partial charge in [-0.2, -0.15) is 0 Å². The summed E-state index contributed by atoms with van der Waals surface area (Å²) in [7, 11) is 0. The van der Waals surface area contributed by atoms with Gasteiger partial charge in [0.25, 0.3) is 0 Å². The summed E-state index contributed by atoms with van der Waals surface area (Å²) >= 11 is 0. The Morgan fingerprint density at radius 2 is 1.80 bits per heavy atom. The van der Waals surface area contributed by atoms with E-state index in [0.717, 1.165) is 11.1 Å². The molecule has 20 heavy (non-hydrogen) atoms. The van der Waals surface area contributed by atoms with Crippen LogP contribution in [-0.4, -0.2) is 31.6 Å². The maximum atomic E-state index is 11.8. The predicted octanol–water partition coefficient (Wildman–Crippen LogP) is 1.78. The average molecular weight is 278 g/mol. The molecule has 2 N–H and O–H groups in total. The van der Waals surface area contributed by atoms with Gasteiger partial charge in [-0.15, -0.1) is 0 Å². The lowest BCUT2D eigenvalue weighted by molar-refractivity contribution is -0.136. The van der Waals surface area contributed by atoms with Crippen LogP contribution in [0.1, 0.15) is 24.5 Å². The van der Waals surface area contributed by atoms with Gasteiger partial charge in [0.15, 0.2) is 0 Å². The molecule has 5 heteroatoms. The second kappa shape index (κ2) is 8.32. The lowest BCUT2D eigenvalue weighted by Gasteiger charge is -2.11. The Balaban J connectivity index is 2.44. The third-order valence-electron chi connectivity index (χ3n) is 2.88. The van der Waals surface area contributed by atoms with Gasteiger partial charge in [0.2, 0.25) is 0 Å². The smallest absolute Gasteiger partial charge is 0.313 e. The van der Waals surface area contributed by atoms with Crippen LogP contribution in [0.15, 0.2) is 18.2 Å². The molecule has 0 atom stereocenters. The van der Waals surface area contributed by atoms with Crippen LogP contribution >= 0.6 is 0 Å². The number of benzene rings is 1. The van der Waals surface area contributed by atoms with Crippen LogP contribution in [0.2, 0.25) is 0 Å². The fourth-order valence-electron chi connectivity index (χ4n) is 1.78. The molecule has 1 aromatic rings. The number of rotatable bonds is 6. The molecule has 0 radical (unpaired) electrons. The highest BCUT2D eigenvalue weighted by Gasteiger charge is 2.14. The predicted molar refractivity (Wildman–Crippen MR) is 78.7 cm³/mol. The summed E-state index contributed by atoms with van der Waals surface area (Å²) in [6.07, 6.45) is 0.691. The van der Waals surface area contributed by atoms with Crippen molar-refractivity contribution < 1.29 is 14.3 Å². The van der Waals surface area contributed by atoms with E-state index in [9.17, 15) is 9.59 Å². The van der Waals surface area contributed by atoms with Crippen molar-refractivity contribution in [1.29, 1.82) is 0 Å². The number of ether oxygens (including phenoxy) is 1. The van der Waals surface area contributed by atoms with E-state index in [1.807, 2.05) is 39.0 Å². The Kier molecular flexibility index (Phi) is 6.73. The summed E-state index contributed by atoms with van der Waals surface area (Å²) in [5.74, 6) is -1.26. The highest BCUT2D eigenvalue weighted by molar-refractivity contribution is 6.39. The summed E-state index contributed by atoms with van der Waals surface area (Å²) in [6.45, 7) is 7.36. The number of nitrogens with one attached hydrogen (secondary N) is 2. The lowest BCUT2D eigenvalue weighted by Crippen LogP contribution is -2.36. The molecule has 0 spiro atoms. The molecule has 1 aromatic carbocycles. The molecule has 0 saturated heterocycles. The molecule has 0 unspecified atom stereocenters. The molecule has 110 valence electrons. The number of carbonyl (C=O) groups is 2. The van der Waals surface area contributed by atoms with E-state index < -0.39 is 11.8 Å². The zero-order valence-electron chi connectivity index (χ0n) is 12.3. The molecule has 0 aliphatic rings. The number of amides is 2. The molecule has 0 aliphatic carbocycles. The fraction of sp³-hybridized carbons (Fsp3) is 0.467. The molecule has 0 aliphatic heterocycles. The van der Waals surface area contributed by atoms with E-state index in [-0.39, 0.29) is 0 Å². The number of hydrogen-bond acceptors (Lipinski definition) is 3. The van der Waals surface area contributed by atoms with Gasteiger partial charge in [0.05, 0.1) is 0 Å². The minimum Gasteiger partial charge on any atom is -0.382 e. The van der Waals surface area contributed by atoms with E-state index >= 15 is 0 Å². The maximum Gasteiger partial charge on any atom is 0.313 e. The van der Waals surface area contributed by atoms with Crippen LogP contribution < -0.4 is 10.6 Å². The van der Waals surface area contributed by atoms with Crippen molar-refractivity contribution in [3.63, 3.8) is 0 Å². The normalized spacial score (nSPS) is 10.2. The van der Waals surface area contributed by atoms with Crippen molar-refractivity contribution in [2.75, 3.05) is 25.1 Å². The molecule has 5 nitrogen and oxygen atoms in total. The van der Waals surface area contributed by atoms with Crippen LogP contribution in [0.5, 0.6) is 0 Å². The average Bonchev–Trinajstić information content (AvgIpc) is 2.42. The van der Waals surface area contributed by atoms with Crippen LogP contribution in [0.4, 0.5) is 5.69 Å². The molecular weight excluding hydrogens is 256 g/mol. The minimum atomic E-state index is -0.640. The van der Waals surface area contributed by atoms with Gasteiger partial charge in [-0.3, -0.25) is 9.59 Å². The van der Waals surface area contributed by atoms with Crippen LogP contribution in [-0.2, 0) is 14.3 Å². The Labute approximate surface area is 119 Å². The van der Waals surface area contributed by atoms with Crippen LogP contribution in [0.3, 0.4) is 0 Å². The first-order chi connectivity index (χ1) is 9.56. The fourth-order valence-corrected chi connectivity index (χ4v) is 1.78. The molecule has 0 saturated carbocycles. The zero-order valence-corrected chi connectivity index (χ0v) is 12.3. The topological polar surface area (TPSA) is 67.4 Å². The highest BCUT2D eigenvalue weighted by Crippen LogP contribution is 2.18. The maximum absolute atomic E-state index is 11.8. The SMILES string of the molecule is CCOCCCNC(=O)C(=O)Nc1c(C)cccc1C. The summed E-state index contributed by atoms with van der Waals surface area (Å²) in [5.41, 5.74) is 2.56. The number of anilines is 1. The number of para-hydroxylation sites is 1. The van der Waals surface area contributed by atoms with E-state index in [1.54, 1.807) is 0 Å². The van der Waals surface area contributed by atoms with E-state index in [0.29, 0.717) is 31.9 Å². The van der Waals surface area contributed by atoms with Gasteiger partial charge < -0.3 is 15.4 Å². The third-order valence-corrected chi connectivity index (χ3v) is 2.88. The van der Waals surface area contributed by atoms with Gasteiger partial charge in [-0.1, -0.05) is 18.2 Å². The molecular formula is C15H22N2O3. The Hall–Kier alpha value is -1.88. The second-order valence-electron chi connectivity index (χ2n) is 4.53. The summed E-state index contributed by atoms with van der Waals surface area (Å²) < 4.78 is 5.15. The molecule has 0 fully saturated rings. The monoisotopic (exact) mass is 278 g/mol. The van der Waals surface area contributed by atoms with Crippen LogP contribution in [0.25, 0.3) is 0 Å². The third kappa shape index (κ3) is 5.01. The summed E-state index contributed by atoms with van der Waals surface area (Å²) in [5, 5.41) is 5.22. The molecule has 1 rings (SSSR count).